The van der Waals surface area contributed by atoms with E-state index < -0.39 is 5.91 Å². The van der Waals surface area contributed by atoms with Gasteiger partial charge in [0.2, 0.25) is 23.8 Å². The minimum Gasteiger partial charge on any atom is -0.507 e. The second kappa shape index (κ2) is 17.5. The monoisotopic (exact) mass is 642 g/mol. The molecule has 252 valence electrons. The number of carbonyl (C=O) groups excluding carboxylic acids is 2. The molecule has 2 aliphatic rings. The van der Waals surface area contributed by atoms with Gasteiger partial charge in [0.25, 0.3) is 5.91 Å². The summed E-state index contributed by atoms with van der Waals surface area (Å²) in [5, 5.41) is 19.6. The average Bonchev–Trinajstić information content (AvgIpc) is 3.09. The Labute approximate surface area is 278 Å². The number of aromatic hydroxyl groups is 1. The summed E-state index contributed by atoms with van der Waals surface area (Å²) in [5.74, 6) is 1.19. The molecule has 4 N–H and O–H groups in total. The standard InChI is InChI=1S/C36H50N8O3/c1-2-3-4-5-6-7-10-15-32(46)37-29-20-21-30(31(45)26-29)33(47)38-27-16-18-28(19-17-27)39-34-40-35(43-22-11-8-12-23-43)42-36(41-34)44-24-13-9-14-25-44/h16-21,26,45H,2-15,22-25H2,1H3,(H,37,46)(H,38,47)(H,39,40,41,42). The van der Waals surface area contributed by atoms with E-state index in [0.29, 0.717) is 35.6 Å². The summed E-state index contributed by atoms with van der Waals surface area (Å²) in [6.45, 7) is 5.99. The molecular formula is C36H50N8O3. The first-order valence-corrected chi connectivity index (χ1v) is 17.6. The Morgan fingerprint density at radius 3 is 1.83 bits per heavy atom. The number of hydrogen-bond donors (Lipinski definition) is 4. The largest absolute Gasteiger partial charge is 0.507 e. The summed E-state index contributed by atoms with van der Waals surface area (Å²) in [6.07, 6.45) is 15.4. The van der Waals surface area contributed by atoms with Crippen LogP contribution in [0.15, 0.2) is 42.5 Å². The number of nitrogens with zero attached hydrogens (tertiary/aromatic N) is 5. The lowest BCUT2D eigenvalue weighted by atomic mass is 10.1. The van der Waals surface area contributed by atoms with Crippen LogP contribution in [-0.4, -0.2) is 58.1 Å². The van der Waals surface area contributed by atoms with Crippen molar-refractivity contribution < 1.29 is 14.7 Å². The van der Waals surface area contributed by atoms with Gasteiger partial charge < -0.3 is 30.9 Å². The fraction of sp³-hybridized carbons (Fsp3) is 0.528. The molecule has 0 bridgehead atoms. The van der Waals surface area contributed by atoms with Crippen molar-refractivity contribution in [3.05, 3.63) is 48.0 Å². The first-order chi connectivity index (χ1) is 23.0. The van der Waals surface area contributed by atoms with Crippen LogP contribution in [-0.2, 0) is 4.79 Å². The van der Waals surface area contributed by atoms with Crippen LogP contribution in [0, 0.1) is 0 Å². The number of aromatic nitrogens is 3. The summed E-state index contributed by atoms with van der Waals surface area (Å²) in [7, 11) is 0. The summed E-state index contributed by atoms with van der Waals surface area (Å²) in [6, 6.07) is 11.8. The summed E-state index contributed by atoms with van der Waals surface area (Å²) in [5.41, 5.74) is 1.94. The zero-order valence-corrected chi connectivity index (χ0v) is 27.8. The minimum absolute atomic E-state index is 0.0912. The second-order valence-corrected chi connectivity index (χ2v) is 12.7. The third-order valence-electron chi connectivity index (χ3n) is 8.82. The smallest absolute Gasteiger partial charge is 0.259 e. The molecule has 2 fully saturated rings. The number of unbranched alkanes of at least 4 members (excludes halogenated alkanes) is 6. The molecule has 0 atom stereocenters. The van der Waals surface area contributed by atoms with E-state index in [9.17, 15) is 14.7 Å². The molecule has 2 aromatic carbocycles. The molecular weight excluding hydrogens is 592 g/mol. The summed E-state index contributed by atoms with van der Waals surface area (Å²) in [4.78, 5) is 44.2. The topological polar surface area (TPSA) is 136 Å². The van der Waals surface area contributed by atoms with Crippen molar-refractivity contribution in [2.75, 3.05) is 51.9 Å². The highest BCUT2D eigenvalue weighted by atomic mass is 16.3. The van der Waals surface area contributed by atoms with Gasteiger partial charge in [0.15, 0.2) is 0 Å². The lowest BCUT2D eigenvalue weighted by molar-refractivity contribution is -0.116. The molecule has 0 radical (unpaired) electrons. The highest BCUT2D eigenvalue weighted by Gasteiger charge is 2.21. The zero-order valence-electron chi connectivity index (χ0n) is 27.8. The maximum Gasteiger partial charge on any atom is 0.259 e. The first kappa shape index (κ1) is 33.9. The van der Waals surface area contributed by atoms with E-state index in [1.165, 1.54) is 50.7 Å². The number of phenols is 1. The molecule has 11 heteroatoms. The number of rotatable bonds is 15. The van der Waals surface area contributed by atoms with Gasteiger partial charge in [-0.1, -0.05) is 45.4 Å². The highest BCUT2D eigenvalue weighted by molar-refractivity contribution is 6.06. The van der Waals surface area contributed by atoms with Crippen LogP contribution in [0.25, 0.3) is 0 Å². The zero-order chi connectivity index (χ0) is 32.8. The van der Waals surface area contributed by atoms with Gasteiger partial charge in [0, 0.05) is 55.7 Å². The molecule has 1 aromatic heterocycles. The van der Waals surface area contributed by atoms with E-state index in [1.54, 1.807) is 18.2 Å². The first-order valence-electron chi connectivity index (χ1n) is 17.6. The molecule has 0 saturated carbocycles. The van der Waals surface area contributed by atoms with Gasteiger partial charge in [-0.05, 0) is 81.3 Å². The molecule has 47 heavy (non-hydrogen) atoms. The van der Waals surface area contributed by atoms with Crippen molar-refractivity contribution in [2.24, 2.45) is 0 Å². The molecule has 3 heterocycles. The van der Waals surface area contributed by atoms with Crippen LogP contribution < -0.4 is 25.8 Å². The number of hydrogen-bond acceptors (Lipinski definition) is 9. The number of anilines is 6. The van der Waals surface area contributed by atoms with Crippen molar-refractivity contribution in [1.82, 2.24) is 15.0 Å². The predicted molar refractivity (Wildman–Crippen MR) is 189 cm³/mol. The van der Waals surface area contributed by atoms with E-state index in [2.05, 4.69) is 32.7 Å². The highest BCUT2D eigenvalue weighted by Crippen LogP contribution is 2.26. The normalized spacial score (nSPS) is 14.9. The molecule has 0 unspecified atom stereocenters. The van der Waals surface area contributed by atoms with Crippen LogP contribution in [0.1, 0.15) is 107 Å². The lowest BCUT2D eigenvalue weighted by Crippen LogP contribution is -2.34. The van der Waals surface area contributed by atoms with Crippen LogP contribution in [0.4, 0.5) is 34.9 Å². The molecule has 0 spiro atoms. The van der Waals surface area contributed by atoms with Crippen molar-refractivity contribution >= 4 is 46.7 Å². The van der Waals surface area contributed by atoms with E-state index in [0.717, 1.165) is 76.8 Å². The van der Waals surface area contributed by atoms with Gasteiger partial charge in [0.1, 0.15) is 5.75 Å². The number of piperidine rings is 2. The summed E-state index contributed by atoms with van der Waals surface area (Å²) >= 11 is 0. The second-order valence-electron chi connectivity index (χ2n) is 12.7. The Morgan fingerprint density at radius 2 is 1.23 bits per heavy atom. The van der Waals surface area contributed by atoms with E-state index >= 15 is 0 Å². The number of carbonyl (C=O) groups is 2. The number of amides is 2. The molecule has 2 saturated heterocycles. The Morgan fingerprint density at radius 1 is 0.681 bits per heavy atom. The average molecular weight is 643 g/mol. The maximum absolute atomic E-state index is 13.0. The fourth-order valence-corrected chi connectivity index (χ4v) is 6.11. The quantitative estimate of drug-likeness (QED) is 0.123. The Hall–Kier alpha value is -4.41. The number of nitrogens with one attached hydrogen (secondary N) is 3. The Bertz CT molecular complexity index is 1420. The van der Waals surface area contributed by atoms with Crippen molar-refractivity contribution in [3.63, 3.8) is 0 Å². The van der Waals surface area contributed by atoms with Crippen LogP contribution >= 0.6 is 0 Å². The van der Waals surface area contributed by atoms with Gasteiger partial charge in [0.05, 0.1) is 5.56 Å². The Kier molecular flexibility index (Phi) is 12.6. The SMILES string of the molecule is CCCCCCCCCC(=O)Nc1ccc(C(=O)Nc2ccc(Nc3nc(N4CCCCC4)nc(N4CCCCC4)n3)cc2)c(O)c1. The molecule has 11 nitrogen and oxygen atoms in total. The molecule has 2 amide bonds. The maximum atomic E-state index is 13.0. The van der Waals surface area contributed by atoms with E-state index in [-0.39, 0.29) is 17.2 Å². The van der Waals surface area contributed by atoms with Crippen LogP contribution in [0.2, 0.25) is 0 Å². The molecule has 0 aliphatic carbocycles. The minimum atomic E-state index is -0.445. The fourth-order valence-electron chi connectivity index (χ4n) is 6.11. The van der Waals surface area contributed by atoms with Crippen molar-refractivity contribution in [2.45, 2.75) is 96.8 Å². The molecule has 2 aliphatic heterocycles. The molecule has 3 aromatic rings. The number of benzene rings is 2. The van der Waals surface area contributed by atoms with Gasteiger partial charge in [-0.2, -0.15) is 15.0 Å². The Balaban J connectivity index is 1.15. The van der Waals surface area contributed by atoms with Crippen LogP contribution in [0.5, 0.6) is 5.75 Å². The van der Waals surface area contributed by atoms with Gasteiger partial charge in [-0.25, -0.2) is 0 Å². The summed E-state index contributed by atoms with van der Waals surface area (Å²) < 4.78 is 0. The predicted octanol–water partition coefficient (Wildman–Crippen LogP) is 7.63. The van der Waals surface area contributed by atoms with Gasteiger partial charge in [-0.15, -0.1) is 0 Å². The third kappa shape index (κ3) is 10.3. The molecule has 5 rings (SSSR count). The van der Waals surface area contributed by atoms with Crippen LogP contribution in [0.3, 0.4) is 0 Å². The van der Waals surface area contributed by atoms with Gasteiger partial charge in [-0.3, -0.25) is 9.59 Å². The van der Waals surface area contributed by atoms with Crippen molar-refractivity contribution in [1.29, 1.82) is 0 Å². The number of phenolic OH excluding ortho intramolecular Hbond substituents is 1. The van der Waals surface area contributed by atoms with Gasteiger partial charge >= 0.3 is 0 Å². The van der Waals surface area contributed by atoms with E-state index in [4.69, 9.17) is 15.0 Å². The third-order valence-corrected chi connectivity index (χ3v) is 8.82. The van der Waals surface area contributed by atoms with Crippen molar-refractivity contribution in [3.8, 4) is 5.75 Å². The van der Waals surface area contributed by atoms with E-state index in [1.807, 2.05) is 12.1 Å². The lowest BCUT2D eigenvalue weighted by Gasteiger charge is -2.30.